The smallest absolute Gasteiger partial charge is 0.250 e. The molecule has 1 aliphatic rings. The Morgan fingerprint density at radius 2 is 1.95 bits per heavy atom. The topological polar surface area (TPSA) is 103 Å². The Balaban J connectivity index is 1.24. The normalized spacial score (nSPS) is 12.2. The van der Waals surface area contributed by atoms with Crippen molar-refractivity contribution in [2.24, 2.45) is 5.10 Å². The van der Waals surface area contributed by atoms with Crippen LogP contribution in [0.15, 0.2) is 77.0 Å². The number of nitrogens with one attached hydrogen (secondary N) is 2. The van der Waals surface area contributed by atoms with E-state index in [1.165, 1.54) is 11.8 Å². The summed E-state index contributed by atoms with van der Waals surface area (Å²) in [7, 11) is 0. The molecule has 188 valence electrons. The minimum absolute atomic E-state index is 0.118. The summed E-state index contributed by atoms with van der Waals surface area (Å²) in [5.41, 5.74) is 6.23. The SMILES string of the molecule is Cc1cc(Cl)ccc1NCc1nnc(SCC(=O)N/N=C\c2ccc3c(c2)OCO3)n1-c1ccccc1. The van der Waals surface area contributed by atoms with Crippen LogP contribution in [-0.2, 0) is 11.3 Å². The van der Waals surface area contributed by atoms with Crippen molar-refractivity contribution in [2.75, 3.05) is 17.9 Å². The van der Waals surface area contributed by atoms with Crippen LogP contribution in [0.1, 0.15) is 17.0 Å². The average molecular weight is 535 g/mol. The lowest BCUT2D eigenvalue weighted by molar-refractivity contribution is -0.118. The number of carbonyl (C=O) groups excluding carboxylic acids is 1. The molecule has 0 radical (unpaired) electrons. The number of ether oxygens (including phenoxy) is 2. The third kappa shape index (κ3) is 6.04. The number of amides is 1. The molecule has 1 aliphatic heterocycles. The second-order valence-corrected chi connectivity index (χ2v) is 9.46. The Hall–Kier alpha value is -4.02. The number of carbonyl (C=O) groups is 1. The molecule has 0 saturated heterocycles. The molecular weight excluding hydrogens is 512 g/mol. The van der Waals surface area contributed by atoms with Crippen LogP contribution in [-0.4, -0.2) is 39.4 Å². The van der Waals surface area contributed by atoms with Crippen molar-refractivity contribution >= 4 is 41.2 Å². The van der Waals surface area contributed by atoms with E-state index < -0.39 is 0 Å². The molecule has 1 aromatic heterocycles. The number of para-hydroxylation sites is 1. The molecule has 0 spiro atoms. The monoisotopic (exact) mass is 534 g/mol. The number of hydrazone groups is 1. The van der Waals surface area contributed by atoms with Gasteiger partial charge in [0.1, 0.15) is 0 Å². The number of rotatable bonds is 9. The molecule has 2 N–H and O–H groups in total. The second-order valence-electron chi connectivity index (χ2n) is 8.08. The first-order valence-corrected chi connectivity index (χ1v) is 12.8. The Kier molecular flexibility index (Phi) is 7.57. The molecule has 11 heteroatoms. The Morgan fingerprint density at radius 1 is 1.11 bits per heavy atom. The summed E-state index contributed by atoms with van der Waals surface area (Å²) >= 11 is 7.36. The average Bonchev–Trinajstić information content (AvgIpc) is 3.54. The van der Waals surface area contributed by atoms with Crippen molar-refractivity contribution < 1.29 is 14.3 Å². The number of aryl methyl sites for hydroxylation is 1. The van der Waals surface area contributed by atoms with E-state index in [-0.39, 0.29) is 18.5 Å². The zero-order valence-corrected chi connectivity index (χ0v) is 21.4. The highest BCUT2D eigenvalue weighted by Crippen LogP contribution is 2.32. The van der Waals surface area contributed by atoms with Gasteiger partial charge in [-0.25, -0.2) is 5.43 Å². The van der Waals surface area contributed by atoms with Crippen LogP contribution in [0.3, 0.4) is 0 Å². The van der Waals surface area contributed by atoms with Gasteiger partial charge in [-0.3, -0.25) is 9.36 Å². The van der Waals surface area contributed by atoms with Crippen molar-refractivity contribution in [3.8, 4) is 17.2 Å². The minimum atomic E-state index is -0.263. The van der Waals surface area contributed by atoms with Crippen LogP contribution in [0, 0.1) is 6.92 Å². The highest BCUT2D eigenvalue weighted by Gasteiger charge is 2.16. The number of anilines is 1. The zero-order chi connectivity index (χ0) is 25.6. The fourth-order valence-corrected chi connectivity index (χ4v) is 4.67. The molecule has 9 nitrogen and oxygen atoms in total. The molecule has 1 amide bonds. The van der Waals surface area contributed by atoms with Crippen LogP contribution < -0.4 is 20.2 Å². The van der Waals surface area contributed by atoms with Gasteiger partial charge in [0.2, 0.25) is 6.79 Å². The van der Waals surface area contributed by atoms with Crippen LogP contribution in [0.5, 0.6) is 11.5 Å². The van der Waals surface area contributed by atoms with Crippen molar-refractivity contribution in [3.05, 3.63) is 88.7 Å². The maximum atomic E-state index is 12.5. The van der Waals surface area contributed by atoms with Gasteiger partial charge in [-0.1, -0.05) is 41.6 Å². The second kappa shape index (κ2) is 11.4. The van der Waals surface area contributed by atoms with Crippen LogP contribution in [0.25, 0.3) is 5.69 Å². The summed E-state index contributed by atoms with van der Waals surface area (Å²) in [5, 5.41) is 17.5. The molecule has 2 heterocycles. The van der Waals surface area contributed by atoms with Crippen molar-refractivity contribution in [1.29, 1.82) is 0 Å². The van der Waals surface area contributed by atoms with Gasteiger partial charge < -0.3 is 14.8 Å². The van der Waals surface area contributed by atoms with E-state index in [1.54, 1.807) is 18.3 Å². The van der Waals surface area contributed by atoms with Crippen molar-refractivity contribution in [2.45, 2.75) is 18.6 Å². The maximum Gasteiger partial charge on any atom is 0.250 e. The fourth-order valence-electron chi connectivity index (χ4n) is 3.68. The first kappa shape index (κ1) is 24.7. The Morgan fingerprint density at radius 3 is 2.78 bits per heavy atom. The van der Waals surface area contributed by atoms with Crippen LogP contribution in [0.2, 0.25) is 5.02 Å². The largest absolute Gasteiger partial charge is 0.454 e. The van der Waals surface area contributed by atoms with Gasteiger partial charge >= 0.3 is 0 Å². The van der Waals surface area contributed by atoms with E-state index in [9.17, 15) is 4.79 Å². The van der Waals surface area contributed by atoms with E-state index in [0.29, 0.717) is 34.0 Å². The predicted molar refractivity (Wildman–Crippen MR) is 144 cm³/mol. The first-order valence-electron chi connectivity index (χ1n) is 11.4. The van der Waals surface area contributed by atoms with Gasteiger partial charge in [0.05, 0.1) is 18.5 Å². The first-order chi connectivity index (χ1) is 18.1. The fraction of sp³-hybridized carbons (Fsp3) is 0.154. The number of aromatic nitrogens is 3. The van der Waals surface area contributed by atoms with Gasteiger partial charge in [0, 0.05) is 16.4 Å². The summed E-state index contributed by atoms with van der Waals surface area (Å²) in [5.74, 6) is 1.92. The van der Waals surface area contributed by atoms with Gasteiger partial charge in [0.15, 0.2) is 22.5 Å². The van der Waals surface area contributed by atoms with Gasteiger partial charge in [0.25, 0.3) is 5.91 Å². The molecular formula is C26H23ClN6O3S. The molecule has 3 aromatic carbocycles. The van der Waals surface area contributed by atoms with E-state index in [4.69, 9.17) is 21.1 Å². The molecule has 0 unspecified atom stereocenters. The number of halogens is 1. The lowest BCUT2D eigenvalue weighted by Crippen LogP contribution is -2.20. The predicted octanol–water partition coefficient (Wildman–Crippen LogP) is 4.81. The zero-order valence-electron chi connectivity index (χ0n) is 19.8. The number of hydrogen-bond acceptors (Lipinski definition) is 8. The molecule has 0 bridgehead atoms. The maximum absolute atomic E-state index is 12.5. The quantitative estimate of drug-likeness (QED) is 0.180. The van der Waals surface area contributed by atoms with Crippen molar-refractivity contribution in [3.63, 3.8) is 0 Å². The van der Waals surface area contributed by atoms with Crippen LogP contribution >= 0.6 is 23.4 Å². The molecule has 0 saturated carbocycles. The Labute approximate surface area is 222 Å². The number of hydrogen-bond donors (Lipinski definition) is 2. The van der Waals surface area contributed by atoms with Crippen molar-refractivity contribution in [1.82, 2.24) is 20.2 Å². The molecule has 0 atom stereocenters. The lowest BCUT2D eigenvalue weighted by Gasteiger charge is -2.12. The third-order valence-electron chi connectivity index (χ3n) is 5.47. The molecule has 5 rings (SSSR count). The number of thioether (sulfide) groups is 1. The van der Waals surface area contributed by atoms with E-state index >= 15 is 0 Å². The summed E-state index contributed by atoms with van der Waals surface area (Å²) < 4.78 is 12.6. The molecule has 0 aliphatic carbocycles. The minimum Gasteiger partial charge on any atom is -0.454 e. The molecule has 37 heavy (non-hydrogen) atoms. The number of nitrogens with zero attached hydrogens (tertiary/aromatic N) is 4. The standard InChI is InChI=1S/C26H23ClN6O3S/c1-17-11-19(27)8-9-21(17)28-14-24-30-32-26(33(24)20-5-3-2-4-6-20)37-15-25(34)31-29-13-18-7-10-22-23(12-18)36-16-35-22/h2-13,28H,14-16H2,1H3,(H,31,34)/b29-13-. The summed E-state index contributed by atoms with van der Waals surface area (Å²) in [6, 6.07) is 20.9. The van der Waals surface area contributed by atoms with E-state index in [1.807, 2.05) is 66.1 Å². The summed E-state index contributed by atoms with van der Waals surface area (Å²) in [4.78, 5) is 12.5. The number of benzene rings is 3. The van der Waals surface area contributed by atoms with E-state index in [2.05, 4.69) is 26.0 Å². The lowest BCUT2D eigenvalue weighted by atomic mass is 10.2. The highest BCUT2D eigenvalue weighted by atomic mass is 35.5. The molecule has 4 aromatic rings. The highest BCUT2D eigenvalue weighted by molar-refractivity contribution is 7.99. The summed E-state index contributed by atoms with van der Waals surface area (Å²) in [6.07, 6.45) is 1.56. The van der Waals surface area contributed by atoms with Crippen LogP contribution in [0.4, 0.5) is 5.69 Å². The van der Waals surface area contributed by atoms with Gasteiger partial charge in [-0.2, -0.15) is 5.10 Å². The van der Waals surface area contributed by atoms with Gasteiger partial charge in [-0.15, -0.1) is 10.2 Å². The summed E-state index contributed by atoms with van der Waals surface area (Å²) in [6.45, 7) is 2.64. The van der Waals surface area contributed by atoms with E-state index in [0.717, 1.165) is 22.5 Å². The molecule has 0 fully saturated rings. The van der Waals surface area contributed by atoms with Gasteiger partial charge in [-0.05, 0) is 66.6 Å². The number of fused-ring (bicyclic) bond motifs is 1. The Bertz CT molecular complexity index is 1440. The third-order valence-corrected chi connectivity index (χ3v) is 6.64.